The number of benzene rings is 9. The van der Waals surface area contributed by atoms with Crippen LogP contribution in [0.25, 0.3) is 104 Å². The Bertz CT molecular complexity index is 3110. The van der Waals surface area contributed by atoms with Crippen LogP contribution in [0.2, 0.25) is 0 Å². The molecule has 0 amide bonds. The first-order valence-electron chi connectivity index (χ1n) is 17.2. The molecule has 232 valence electrons. The number of fused-ring (bicyclic) bond motifs is 12. The van der Waals surface area contributed by atoms with E-state index in [0.29, 0.717) is 0 Å². The SMILES string of the molecule is c1ccc(-n2c3ccccc3c3cc(-c4ccc5oc6cccc(-c7ccc8c9ccccc9c9ccccc9c8c7)c6c5c4)ccc32)cc1. The van der Waals surface area contributed by atoms with Crippen molar-refractivity contribution in [3.8, 4) is 27.9 Å². The van der Waals surface area contributed by atoms with Crippen molar-refractivity contribution < 1.29 is 4.42 Å². The normalized spacial score (nSPS) is 12.0. The largest absolute Gasteiger partial charge is 0.456 e. The summed E-state index contributed by atoms with van der Waals surface area (Å²) < 4.78 is 8.86. The van der Waals surface area contributed by atoms with E-state index in [9.17, 15) is 0 Å². The highest BCUT2D eigenvalue weighted by Crippen LogP contribution is 2.42. The Morgan fingerprint density at radius 1 is 0.320 bits per heavy atom. The molecule has 0 unspecified atom stereocenters. The fourth-order valence-electron chi connectivity index (χ4n) is 8.33. The average molecular weight is 636 g/mol. The summed E-state index contributed by atoms with van der Waals surface area (Å²) in [6.45, 7) is 0. The molecule has 0 aliphatic carbocycles. The third kappa shape index (κ3) is 3.90. The summed E-state index contributed by atoms with van der Waals surface area (Å²) in [7, 11) is 0. The van der Waals surface area contributed by atoms with Gasteiger partial charge in [0.25, 0.3) is 0 Å². The number of nitrogens with zero attached hydrogens (tertiary/aromatic N) is 1. The zero-order valence-electron chi connectivity index (χ0n) is 27.1. The van der Waals surface area contributed by atoms with Crippen molar-refractivity contribution >= 4 is 76.1 Å². The molecule has 0 radical (unpaired) electrons. The Balaban J connectivity index is 1.11. The molecule has 2 heterocycles. The Morgan fingerprint density at radius 3 is 1.64 bits per heavy atom. The molecule has 11 aromatic rings. The van der Waals surface area contributed by atoms with Gasteiger partial charge < -0.3 is 8.98 Å². The van der Waals surface area contributed by atoms with Gasteiger partial charge in [-0.3, -0.25) is 0 Å². The highest BCUT2D eigenvalue weighted by Gasteiger charge is 2.17. The third-order valence-electron chi connectivity index (χ3n) is 10.6. The second-order valence-electron chi connectivity index (χ2n) is 13.3. The summed E-state index contributed by atoms with van der Waals surface area (Å²) in [5, 5.41) is 12.5. The van der Waals surface area contributed by atoms with Gasteiger partial charge in [0.2, 0.25) is 0 Å². The molecule has 11 rings (SSSR count). The number of rotatable bonds is 3. The van der Waals surface area contributed by atoms with Gasteiger partial charge in [0.1, 0.15) is 11.2 Å². The van der Waals surface area contributed by atoms with E-state index in [1.54, 1.807) is 0 Å². The van der Waals surface area contributed by atoms with Gasteiger partial charge in [-0.2, -0.15) is 0 Å². The van der Waals surface area contributed by atoms with Crippen LogP contribution in [0, 0.1) is 0 Å². The fraction of sp³-hybridized carbons (Fsp3) is 0. The summed E-state index contributed by atoms with van der Waals surface area (Å²) >= 11 is 0. The maximum absolute atomic E-state index is 6.50. The molecular weight excluding hydrogens is 607 g/mol. The summed E-state index contributed by atoms with van der Waals surface area (Å²) in [5.41, 5.74) is 10.1. The molecular formula is C48H29NO. The molecule has 0 saturated carbocycles. The van der Waals surface area contributed by atoms with E-state index < -0.39 is 0 Å². The van der Waals surface area contributed by atoms with Crippen molar-refractivity contribution in [2.24, 2.45) is 0 Å². The summed E-state index contributed by atoms with van der Waals surface area (Å²) in [6, 6.07) is 63.7. The first kappa shape index (κ1) is 27.3. The third-order valence-corrected chi connectivity index (χ3v) is 10.6. The molecule has 2 heteroatoms. The molecule has 0 spiro atoms. The molecule has 0 saturated heterocycles. The Hall–Kier alpha value is -6.64. The van der Waals surface area contributed by atoms with E-state index in [1.165, 1.54) is 82.1 Å². The van der Waals surface area contributed by atoms with Crippen molar-refractivity contribution in [2.45, 2.75) is 0 Å². The smallest absolute Gasteiger partial charge is 0.136 e. The van der Waals surface area contributed by atoms with Gasteiger partial charge in [-0.15, -0.1) is 0 Å². The molecule has 0 atom stereocenters. The molecule has 2 nitrogen and oxygen atoms in total. The number of hydrogen-bond donors (Lipinski definition) is 0. The first-order chi connectivity index (χ1) is 24.8. The minimum atomic E-state index is 0.898. The van der Waals surface area contributed by atoms with Crippen LogP contribution in [0.4, 0.5) is 0 Å². The van der Waals surface area contributed by atoms with Crippen LogP contribution in [0.3, 0.4) is 0 Å². The van der Waals surface area contributed by atoms with Gasteiger partial charge in [-0.05, 0) is 109 Å². The van der Waals surface area contributed by atoms with E-state index in [1.807, 2.05) is 0 Å². The maximum Gasteiger partial charge on any atom is 0.136 e. The minimum Gasteiger partial charge on any atom is -0.456 e. The average Bonchev–Trinajstić information content (AvgIpc) is 3.73. The Labute approximate surface area is 288 Å². The monoisotopic (exact) mass is 635 g/mol. The van der Waals surface area contributed by atoms with Crippen molar-refractivity contribution in [3.05, 3.63) is 176 Å². The highest BCUT2D eigenvalue weighted by atomic mass is 16.3. The lowest BCUT2D eigenvalue weighted by Crippen LogP contribution is -1.92. The molecule has 0 fully saturated rings. The van der Waals surface area contributed by atoms with Crippen LogP contribution < -0.4 is 0 Å². The number of para-hydroxylation sites is 2. The van der Waals surface area contributed by atoms with Crippen molar-refractivity contribution in [1.82, 2.24) is 4.57 Å². The molecule has 0 N–H and O–H groups in total. The van der Waals surface area contributed by atoms with E-state index in [2.05, 4.69) is 180 Å². The lowest BCUT2D eigenvalue weighted by Gasteiger charge is -2.12. The highest BCUT2D eigenvalue weighted by molar-refractivity contribution is 6.26. The minimum absolute atomic E-state index is 0.898. The quantitative estimate of drug-likeness (QED) is 0.177. The predicted molar refractivity (Wildman–Crippen MR) is 211 cm³/mol. The van der Waals surface area contributed by atoms with Crippen LogP contribution in [-0.4, -0.2) is 4.57 Å². The lowest BCUT2D eigenvalue weighted by molar-refractivity contribution is 0.669. The Morgan fingerprint density at radius 2 is 0.880 bits per heavy atom. The zero-order valence-corrected chi connectivity index (χ0v) is 27.1. The van der Waals surface area contributed by atoms with E-state index in [-0.39, 0.29) is 0 Å². The first-order valence-corrected chi connectivity index (χ1v) is 17.2. The molecule has 0 aliphatic rings. The summed E-state index contributed by atoms with van der Waals surface area (Å²) in [6.07, 6.45) is 0. The molecule has 50 heavy (non-hydrogen) atoms. The molecule has 2 aromatic heterocycles. The lowest BCUT2D eigenvalue weighted by atomic mass is 9.91. The van der Waals surface area contributed by atoms with Gasteiger partial charge in [0.05, 0.1) is 11.0 Å². The topological polar surface area (TPSA) is 18.1 Å². The van der Waals surface area contributed by atoms with Crippen molar-refractivity contribution in [1.29, 1.82) is 0 Å². The molecule has 9 aromatic carbocycles. The van der Waals surface area contributed by atoms with Gasteiger partial charge in [-0.1, -0.05) is 121 Å². The van der Waals surface area contributed by atoms with E-state index in [4.69, 9.17) is 4.42 Å². The predicted octanol–water partition coefficient (Wildman–Crippen LogP) is 13.5. The fourth-order valence-corrected chi connectivity index (χ4v) is 8.33. The maximum atomic E-state index is 6.50. The van der Waals surface area contributed by atoms with Crippen LogP contribution in [-0.2, 0) is 0 Å². The van der Waals surface area contributed by atoms with Crippen LogP contribution in [0.5, 0.6) is 0 Å². The number of furan rings is 1. The summed E-state index contributed by atoms with van der Waals surface area (Å²) in [4.78, 5) is 0. The van der Waals surface area contributed by atoms with E-state index in [0.717, 1.165) is 21.9 Å². The zero-order chi connectivity index (χ0) is 32.8. The molecule has 0 aliphatic heterocycles. The standard InChI is InChI=1S/C48H29NO/c1-2-11-33(12-3-1)49-44-19-9-8-17-40(44)42-27-30(22-25-45(42)49)31-23-26-46-43(28-31)48-34(18-10-20-47(48)50-46)32-21-24-39-37-15-5-4-13-35(37)36-14-6-7-16-38(36)41(39)29-32/h1-29H. The van der Waals surface area contributed by atoms with Crippen molar-refractivity contribution in [3.63, 3.8) is 0 Å². The van der Waals surface area contributed by atoms with Crippen LogP contribution in [0.15, 0.2) is 180 Å². The van der Waals surface area contributed by atoms with E-state index >= 15 is 0 Å². The summed E-state index contributed by atoms with van der Waals surface area (Å²) in [5.74, 6) is 0. The van der Waals surface area contributed by atoms with Gasteiger partial charge in [-0.25, -0.2) is 0 Å². The number of hydrogen-bond acceptors (Lipinski definition) is 1. The van der Waals surface area contributed by atoms with Crippen molar-refractivity contribution in [2.75, 3.05) is 0 Å². The van der Waals surface area contributed by atoms with Crippen LogP contribution in [0.1, 0.15) is 0 Å². The van der Waals surface area contributed by atoms with Gasteiger partial charge in [0.15, 0.2) is 0 Å². The second-order valence-corrected chi connectivity index (χ2v) is 13.3. The Kier molecular flexibility index (Phi) is 5.70. The van der Waals surface area contributed by atoms with Crippen LogP contribution >= 0.6 is 0 Å². The number of aromatic nitrogens is 1. The van der Waals surface area contributed by atoms with Gasteiger partial charge in [0, 0.05) is 27.2 Å². The molecule has 0 bridgehead atoms. The second kappa shape index (κ2) is 10.4. The van der Waals surface area contributed by atoms with Gasteiger partial charge >= 0.3 is 0 Å².